The Morgan fingerprint density at radius 3 is 2.27 bits per heavy atom. The minimum atomic E-state index is -0.948. The molecule has 1 heterocycles. The number of aryl methyl sites for hydroxylation is 1. The summed E-state index contributed by atoms with van der Waals surface area (Å²) in [5.41, 5.74) is 5.88. The van der Waals surface area contributed by atoms with Crippen molar-refractivity contribution in [3.8, 4) is 17.0 Å². The molecule has 208 valence electrons. The molecule has 0 unspecified atom stereocenters. The number of thiazole rings is 1. The van der Waals surface area contributed by atoms with Crippen LogP contribution in [0.25, 0.3) is 11.3 Å². The summed E-state index contributed by atoms with van der Waals surface area (Å²) in [6.45, 7) is 1.86. The fourth-order valence-corrected chi connectivity index (χ4v) is 5.35. The zero-order valence-electron chi connectivity index (χ0n) is 22.6. The van der Waals surface area contributed by atoms with Crippen molar-refractivity contribution < 1.29 is 19.0 Å². The molecule has 0 aliphatic heterocycles. The van der Waals surface area contributed by atoms with Gasteiger partial charge in [-0.15, -0.1) is 11.3 Å². The fraction of sp³-hybridized carbons (Fsp3) is 0.176. The summed E-state index contributed by atoms with van der Waals surface area (Å²) in [5, 5.41) is 11.9. The van der Waals surface area contributed by atoms with Crippen LogP contribution in [0.15, 0.2) is 109 Å². The van der Waals surface area contributed by atoms with Crippen LogP contribution >= 0.6 is 11.3 Å². The molecule has 0 atom stereocenters. The highest BCUT2D eigenvalue weighted by Crippen LogP contribution is 2.29. The predicted octanol–water partition coefficient (Wildman–Crippen LogP) is 7.79. The maximum Gasteiger partial charge on any atom is 0.303 e. The van der Waals surface area contributed by atoms with E-state index in [0.717, 1.165) is 47.0 Å². The topological polar surface area (TPSA) is 62.7 Å². The zero-order valence-corrected chi connectivity index (χ0v) is 23.4. The van der Waals surface area contributed by atoms with Crippen molar-refractivity contribution in [2.75, 3.05) is 11.4 Å². The Morgan fingerprint density at radius 2 is 1.56 bits per heavy atom. The van der Waals surface area contributed by atoms with Crippen molar-refractivity contribution in [2.24, 2.45) is 0 Å². The maximum atomic E-state index is 14.3. The average Bonchev–Trinajstić information content (AvgIpc) is 3.50. The lowest BCUT2D eigenvalue weighted by atomic mass is 10.1. The highest BCUT2D eigenvalue weighted by molar-refractivity contribution is 7.14. The lowest BCUT2D eigenvalue weighted by Gasteiger charge is -2.22. The number of carbonyl (C=O) groups is 1. The summed E-state index contributed by atoms with van der Waals surface area (Å²) in [5.74, 6) is -0.987. The number of hydrogen-bond acceptors (Lipinski definition) is 5. The number of carboxylic acid groups (broad SMARTS) is 1. The number of hydrogen-bond donors (Lipinski definition) is 1. The van der Waals surface area contributed by atoms with Gasteiger partial charge in [0.1, 0.15) is 18.2 Å². The zero-order chi connectivity index (χ0) is 28.4. The predicted molar refractivity (Wildman–Crippen MR) is 162 cm³/mol. The van der Waals surface area contributed by atoms with E-state index in [2.05, 4.69) is 58.8 Å². The molecule has 0 fully saturated rings. The molecule has 0 bridgehead atoms. The number of nitrogens with zero attached hydrogens (tertiary/aromatic N) is 2. The highest BCUT2D eigenvalue weighted by Gasteiger charge is 2.14. The smallest absolute Gasteiger partial charge is 0.303 e. The van der Waals surface area contributed by atoms with Gasteiger partial charge in [0.05, 0.1) is 5.69 Å². The molecule has 5 rings (SSSR count). The van der Waals surface area contributed by atoms with Gasteiger partial charge in [-0.2, -0.15) is 0 Å². The molecule has 0 aliphatic rings. The molecular formula is C34H31FN2O3S. The standard InChI is InChI=1S/C34H31FN2O3S/c35-31-21-30(17-15-28(31)16-18-33(38)39)40-23-27-13-11-26(12-14-27)22-37(20-19-25-7-3-1-4-8-25)34-36-32(24-41-34)29-9-5-2-6-10-29/h1-15,17,21,24H,16,18-20,22-23H2,(H,38,39). The van der Waals surface area contributed by atoms with Crippen molar-refractivity contribution in [3.63, 3.8) is 0 Å². The van der Waals surface area contributed by atoms with Crippen LogP contribution in [-0.2, 0) is 30.8 Å². The van der Waals surface area contributed by atoms with E-state index >= 15 is 0 Å². The summed E-state index contributed by atoms with van der Waals surface area (Å²) >= 11 is 1.66. The largest absolute Gasteiger partial charge is 0.489 e. The Bertz CT molecular complexity index is 1560. The molecule has 0 saturated carbocycles. The normalized spacial score (nSPS) is 10.9. The van der Waals surface area contributed by atoms with E-state index < -0.39 is 11.8 Å². The minimum absolute atomic E-state index is 0.107. The summed E-state index contributed by atoms with van der Waals surface area (Å²) in [6.07, 6.45) is 0.961. The Balaban J connectivity index is 1.24. The van der Waals surface area contributed by atoms with Gasteiger partial charge in [-0.1, -0.05) is 91.0 Å². The van der Waals surface area contributed by atoms with Crippen molar-refractivity contribution in [3.05, 3.63) is 137 Å². The van der Waals surface area contributed by atoms with Crippen LogP contribution < -0.4 is 9.64 Å². The third kappa shape index (κ3) is 8.02. The lowest BCUT2D eigenvalue weighted by Crippen LogP contribution is -2.25. The van der Waals surface area contributed by atoms with Crippen LogP contribution in [0.4, 0.5) is 9.52 Å². The summed E-state index contributed by atoms with van der Waals surface area (Å²) < 4.78 is 20.1. The molecule has 41 heavy (non-hydrogen) atoms. The van der Waals surface area contributed by atoms with Gasteiger partial charge in [0.2, 0.25) is 0 Å². The number of aromatic nitrogens is 1. The molecule has 5 nitrogen and oxygen atoms in total. The second kappa shape index (κ2) is 13.7. The molecule has 4 aromatic carbocycles. The minimum Gasteiger partial charge on any atom is -0.489 e. The van der Waals surface area contributed by atoms with E-state index in [9.17, 15) is 9.18 Å². The second-order valence-electron chi connectivity index (χ2n) is 9.79. The average molecular weight is 567 g/mol. The molecule has 1 N–H and O–H groups in total. The number of aliphatic carboxylic acids is 1. The number of anilines is 1. The van der Waals surface area contributed by atoms with E-state index in [1.807, 2.05) is 36.4 Å². The van der Waals surface area contributed by atoms with Crippen molar-refractivity contribution in [1.29, 1.82) is 0 Å². The van der Waals surface area contributed by atoms with E-state index in [-0.39, 0.29) is 12.8 Å². The number of rotatable bonds is 13. The number of carboxylic acids is 1. The molecule has 5 aromatic rings. The van der Waals surface area contributed by atoms with E-state index in [0.29, 0.717) is 17.9 Å². The first-order valence-electron chi connectivity index (χ1n) is 13.5. The number of ether oxygens (including phenoxy) is 1. The third-order valence-corrected chi connectivity index (χ3v) is 7.68. The molecule has 0 amide bonds. The van der Waals surface area contributed by atoms with E-state index in [4.69, 9.17) is 14.8 Å². The van der Waals surface area contributed by atoms with Gasteiger partial charge in [-0.05, 0) is 41.2 Å². The Kier molecular flexibility index (Phi) is 9.39. The van der Waals surface area contributed by atoms with Gasteiger partial charge in [0, 0.05) is 36.5 Å². The van der Waals surface area contributed by atoms with Gasteiger partial charge >= 0.3 is 5.97 Å². The summed E-state index contributed by atoms with van der Waals surface area (Å²) in [4.78, 5) is 18.1. The van der Waals surface area contributed by atoms with E-state index in [1.54, 1.807) is 23.5 Å². The quantitative estimate of drug-likeness (QED) is 0.158. The van der Waals surface area contributed by atoms with Crippen molar-refractivity contribution in [1.82, 2.24) is 4.98 Å². The molecule has 0 aliphatic carbocycles. The van der Waals surface area contributed by atoms with Crippen molar-refractivity contribution in [2.45, 2.75) is 32.4 Å². The molecule has 0 radical (unpaired) electrons. The van der Waals surface area contributed by atoms with Crippen LogP contribution in [-0.4, -0.2) is 22.6 Å². The van der Waals surface area contributed by atoms with E-state index in [1.165, 1.54) is 11.6 Å². The molecule has 7 heteroatoms. The van der Waals surface area contributed by atoms with Crippen molar-refractivity contribution >= 4 is 22.4 Å². The third-order valence-electron chi connectivity index (χ3n) is 6.78. The number of halogens is 1. The van der Waals surface area contributed by atoms with Crippen LogP contribution in [0.5, 0.6) is 5.75 Å². The Morgan fingerprint density at radius 1 is 0.854 bits per heavy atom. The summed E-state index contributed by atoms with van der Waals surface area (Å²) in [7, 11) is 0. The highest BCUT2D eigenvalue weighted by atomic mass is 32.1. The van der Waals surface area contributed by atoms with Crippen LogP contribution in [0, 0.1) is 5.82 Å². The van der Waals surface area contributed by atoms with Gasteiger partial charge < -0.3 is 14.7 Å². The van der Waals surface area contributed by atoms with Crippen LogP contribution in [0.2, 0.25) is 0 Å². The lowest BCUT2D eigenvalue weighted by molar-refractivity contribution is -0.136. The monoisotopic (exact) mass is 566 g/mol. The molecule has 0 spiro atoms. The van der Waals surface area contributed by atoms with Gasteiger partial charge in [0.25, 0.3) is 0 Å². The first-order chi connectivity index (χ1) is 20.0. The SMILES string of the molecule is O=C(O)CCc1ccc(OCc2ccc(CN(CCc3ccccc3)c3nc(-c4ccccc4)cs3)cc2)cc1F. The Hall–Kier alpha value is -4.49. The van der Waals surface area contributed by atoms with Crippen LogP contribution in [0.1, 0.15) is 28.7 Å². The summed E-state index contributed by atoms with van der Waals surface area (Å²) in [6, 6.07) is 33.5. The molecule has 1 aromatic heterocycles. The number of benzene rings is 4. The maximum absolute atomic E-state index is 14.3. The first kappa shape index (κ1) is 28.1. The second-order valence-corrected chi connectivity index (χ2v) is 10.6. The molecule has 0 saturated heterocycles. The molecular weight excluding hydrogens is 535 g/mol. The van der Waals surface area contributed by atoms with Crippen LogP contribution in [0.3, 0.4) is 0 Å². The van der Waals surface area contributed by atoms with Gasteiger partial charge in [-0.3, -0.25) is 4.79 Å². The van der Waals surface area contributed by atoms with Gasteiger partial charge in [-0.25, -0.2) is 9.37 Å². The first-order valence-corrected chi connectivity index (χ1v) is 14.4. The van der Waals surface area contributed by atoms with Gasteiger partial charge in [0.15, 0.2) is 5.13 Å². The fourth-order valence-electron chi connectivity index (χ4n) is 4.49. The Labute approximate surface area is 243 Å².